The van der Waals surface area contributed by atoms with Gasteiger partial charge in [0.25, 0.3) is 0 Å². The molecule has 2 atom stereocenters. The van der Waals surface area contributed by atoms with Crippen LogP contribution in [-0.4, -0.2) is 47.4 Å². The number of hydrogen-bond acceptors (Lipinski definition) is 7. The summed E-state index contributed by atoms with van der Waals surface area (Å²) in [6.45, 7) is 1.79. The summed E-state index contributed by atoms with van der Waals surface area (Å²) >= 11 is 0. The molecule has 3 heterocycles. The number of pyridine rings is 1. The van der Waals surface area contributed by atoms with Crippen molar-refractivity contribution < 1.29 is 9.47 Å². The van der Waals surface area contributed by atoms with Gasteiger partial charge in [-0.05, 0) is 37.8 Å². The van der Waals surface area contributed by atoms with Crippen molar-refractivity contribution in [2.24, 2.45) is 0 Å². The Morgan fingerprint density at radius 1 is 1.27 bits per heavy atom. The van der Waals surface area contributed by atoms with Gasteiger partial charge in [-0.3, -0.25) is 4.98 Å². The lowest BCUT2D eigenvalue weighted by atomic mass is 10.1. The maximum absolute atomic E-state index is 6.13. The predicted molar refractivity (Wildman–Crippen MR) is 99.3 cm³/mol. The number of aryl methyl sites for hydroxylation is 1. The Balaban J connectivity index is 1.45. The SMILES string of the molecule is CNc1nc(N[C@@H]2COCC[C@H]2OCc2ccccn2)nc2c1CCC2. The molecule has 0 aromatic carbocycles. The lowest BCUT2D eigenvalue weighted by Crippen LogP contribution is -2.44. The minimum Gasteiger partial charge on any atom is -0.379 e. The second kappa shape index (κ2) is 7.97. The monoisotopic (exact) mass is 355 g/mol. The third kappa shape index (κ3) is 3.78. The van der Waals surface area contributed by atoms with Crippen molar-refractivity contribution in [2.45, 2.75) is 44.4 Å². The smallest absolute Gasteiger partial charge is 0.225 e. The summed E-state index contributed by atoms with van der Waals surface area (Å²) in [6.07, 6.45) is 5.88. The quantitative estimate of drug-likeness (QED) is 0.822. The number of nitrogens with zero attached hydrogens (tertiary/aromatic N) is 3. The Labute approximate surface area is 153 Å². The number of ether oxygens (including phenoxy) is 2. The van der Waals surface area contributed by atoms with E-state index in [2.05, 4.69) is 20.6 Å². The van der Waals surface area contributed by atoms with E-state index in [0.717, 1.165) is 42.9 Å². The second-order valence-electron chi connectivity index (χ2n) is 6.71. The maximum atomic E-state index is 6.13. The Bertz CT molecular complexity index is 740. The van der Waals surface area contributed by atoms with Crippen LogP contribution in [0.25, 0.3) is 0 Å². The molecule has 1 fully saturated rings. The number of nitrogens with one attached hydrogen (secondary N) is 2. The van der Waals surface area contributed by atoms with Gasteiger partial charge in [0, 0.05) is 25.4 Å². The van der Waals surface area contributed by atoms with Crippen LogP contribution < -0.4 is 10.6 Å². The number of aromatic nitrogens is 3. The number of rotatable bonds is 6. The van der Waals surface area contributed by atoms with Gasteiger partial charge >= 0.3 is 0 Å². The second-order valence-corrected chi connectivity index (χ2v) is 6.71. The van der Waals surface area contributed by atoms with Gasteiger partial charge in [-0.15, -0.1) is 0 Å². The number of anilines is 2. The van der Waals surface area contributed by atoms with E-state index in [9.17, 15) is 0 Å². The molecule has 138 valence electrons. The van der Waals surface area contributed by atoms with Crippen LogP contribution in [0, 0.1) is 0 Å². The van der Waals surface area contributed by atoms with Gasteiger partial charge in [-0.1, -0.05) is 6.07 Å². The van der Waals surface area contributed by atoms with E-state index in [0.29, 0.717) is 25.8 Å². The number of hydrogen-bond donors (Lipinski definition) is 2. The predicted octanol–water partition coefficient (Wildman–Crippen LogP) is 2.19. The highest BCUT2D eigenvalue weighted by Crippen LogP contribution is 2.28. The Kier molecular flexibility index (Phi) is 5.26. The van der Waals surface area contributed by atoms with Crippen molar-refractivity contribution in [1.29, 1.82) is 0 Å². The fourth-order valence-electron chi connectivity index (χ4n) is 3.60. The Morgan fingerprint density at radius 2 is 2.23 bits per heavy atom. The average molecular weight is 355 g/mol. The summed E-state index contributed by atoms with van der Waals surface area (Å²) in [5, 5.41) is 6.64. The molecule has 1 aliphatic heterocycles. The fourth-order valence-corrected chi connectivity index (χ4v) is 3.60. The van der Waals surface area contributed by atoms with Crippen LogP contribution in [0.2, 0.25) is 0 Å². The first-order valence-corrected chi connectivity index (χ1v) is 9.27. The molecular weight excluding hydrogens is 330 g/mol. The van der Waals surface area contributed by atoms with Crippen LogP contribution in [0.1, 0.15) is 29.8 Å². The summed E-state index contributed by atoms with van der Waals surface area (Å²) < 4.78 is 11.8. The molecule has 2 aromatic rings. The third-order valence-corrected chi connectivity index (χ3v) is 4.95. The molecule has 0 radical (unpaired) electrons. The zero-order valence-corrected chi connectivity index (χ0v) is 15.1. The van der Waals surface area contributed by atoms with E-state index in [1.54, 1.807) is 6.20 Å². The van der Waals surface area contributed by atoms with Crippen molar-refractivity contribution in [3.05, 3.63) is 41.3 Å². The summed E-state index contributed by atoms with van der Waals surface area (Å²) in [6, 6.07) is 5.89. The largest absolute Gasteiger partial charge is 0.379 e. The lowest BCUT2D eigenvalue weighted by molar-refractivity contribution is -0.0488. The molecule has 7 nitrogen and oxygen atoms in total. The highest BCUT2D eigenvalue weighted by Gasteiger charge is 2.28. The standard InChI is InChI=1S/C19H25N5O2/c1-20-18-14-6-4-7-15(14)22-19(24-18)23-16-12-25-10-8-17(16)26-11-13-5-2-3-9-21-13/h2-3,5,9,16-17H,4,6-8,10-12H2,1H3,(H2,20,22,23,24)/t16-,17-/m1/s1. The molecule has 4 rings (SSSR count). The van der Waals surface area contributed by atoms with Crippen molar-refractivity contribution in [3.63, 3.8) is 0 Å². The van der Waals surface area contributed by atoms with Crippen LogP contribution in [0.3, 0.4) is 0 Å². The molecule has 26 heavy (non-hydrogen) atoms. The van der Waals surface area contributed by atoms with Crippen molar-refractivity contribution >= 4 is 11.8 Å². The van der Waals surface area contributed by atoms with Crippen LogP contribution in [0.4, 0.5) is 11.8 Å². The van der Waals surface area contributed by atoms with Crippen molar-refractivity contribution in [1.82, 2.24) is 15.0 Å². The van der Waals surface area contributed by atoms with Gasteiger partial charge in [-0.25, -0.2) is 4.98 Å². The number of fused-ring (bicyclic) bond motifs is 1. The Morgan fingerprint density at radius 3 is 3.08 bits per heavy atom. The third-order valence-electron chi connectivity index (χ3n) is 4.95. The molecule has 0 amide bonds. The summed E-state index contributed by atoms with van der Waals surface area (Å²) in [4.78, 5) is 13.7. The zero-order valence-electron chi connectivity index (χ0n) is 15.1. The minimum absolute atomic E-state index is 0.0246. The van der Waals surface area contributed by atoms with E-state index in [-0.39, 0.29) is 12.1 Å². The molecule has 0 bridgehead atoms. The van der Waals surface area contributed by atoms with E-state index in [1.807, 2.05) is 25.2 Å². The van der Waals surface area contributed by atoms with E-state index < -0.39 is 0 Å². The minimum atomic E-state index is 0.0246. The molecule has 0 unspecified atom stereocenters. The van der Waals surface area contributed by atoms with E-state index in [1.165, 1.54) is 5.56 Å². The lowest BCUT2D eigenvalue weighted by Gasteiger charge is -2.32. The maximum Gasteiger partial charge on any atom is 0.225 e. The average Bonchev–Trinajstić information content (AvgIpc) is 3.16. The van der Waals surface area contributed by atoms with Crippen molar-refractivity contribution in [2.75, 3.05) is 30.9 Å². The molecule has 2 aliphatic rings. The first-order valence-electron chi connectivity index (χ1n) is 9.27. The summed E-state index contributed by atoms with van der Waals surface area (Å²) in [5.41, 5.74) is 3.33. The molecular formula is C19H25N5O2. The first kappa shape index (κ1) is 17.2. The molecule has 0 spiro atoms. The van der Waals surface area contributed by atoms with Crippen LogP contribution in [-0.2, 0) is 28.9 Å². The fraction of sp³-hybridized carbons (Fsp3) is 0.526. The van der Waals surface area contributed by atoms with Gasteiger partial charge in [-0.2, -0.15) is 4.98 Å². The molecule has 2 aromatic heterocycles. The molecule has 2 N–H and O–H groups in total. The summed E-state index contributed by atoms with van der Waals surface area (Å²) in [7, 11) is 1.91. The topological polar surface area (TPSA) is 81.2 Å². The molecule has 1 aliphatic carbocycles. The Hall–Kier alpha value is -2.25. The van der Waals surface area contributed by atoms with Gasteiger partial charge < -0.3 is 20.1 Å². The van der Waals surface area contributed by atoms with E-state index >= 15 is 0 Å². The molecule has 0 saturated carbocycles. The van der Waals surface area contributed by atoms with Crippen LogP contribution in [0.15, 0.2) is 24.4 Å². The van der Waals surface area contributed by atoms with Crippen LogP contribution in [0.5, 0.6) is 0 Å². The normalized spacial score (nSPS) is 22.0. The van der Waals surface area contributed by atoms with Crippen molar-refractivity contribution in [3.8, 4) is 0 Å². The first-order chi connectivity index (χ1) is 12.8. The van der Waals surface area contributed by atoms with E-state index in [4.69, 9.17) is 14.5 Å². The van der Waals surface area contributed by atoms with Gasteiger partial charge in [0.1, 0.15) is 5.82 Å². The van der Waals surface area contributed by atoms with Gasteiger partial charge in [0.2, 0.25) is 5.95 Å². The zero-order chi connectivity index (χ0) is 17.8. The molecule has 1 saturated heterocycles. The molecule has 7 heteroatoms. The highest BCUT2D eigenvalue weighted by molar-refractivity contribution is 5.52. The highest BCUT2D eigenvalue weighted by atomic mass is 16.5. The van der Waals surface area contributed by atoms with Gasteiger partial charge in [0.05, 0.1) is 36.7 Å². The summed E-state index contributed by atoms with van der Waals surface area (Å²) in [5.74, 6) is 1.58. The van der Waals surface area contributed by atoms with Gasteiger partial charge in [0.15, 0.2) is 0 Å². The van der Waals surface area contributed by atoms with Crippen LogP contribution >= 0.6 is 0 Å².